The number of amides is 1. The van der Waals surface area contributed by atoms with Crippen molar-refractivity contribution in [3.05, 3.63) is 84.4 Å². The SMILES string of the molecule is C=CCN(CC=C)S(=O)(=O)c1ccc(C(=O)Nc2ccc(S(=O)(=O)Nc3nnc(CC)s3)cc2)cc1. The van der Waals surface area contributed by atoms with E-state index in [0.717, 1.165) is 11.3 Å². The Labute approximate surface area is 214 Å². The number of aryl methyl sites for hydroxylation is 1. The van der Waals surface area contributed by atoms with Crippen molar-refractivity contribution in [2.75, 3.05) is 23.1 Å². The lowest BCUT2D eigenvalue weighted by Gasteiger charge is -2.19. The minimum atomic E-state index is -3.87. The third-order valence-electron chi connectivity index (χ3n) is 4.83. The molecule has 0 aliphatic heterocycles. The lowest BCUT2D eigenvalue weighted by Crippen LogP contribution is -2.31. The van der Waals surface area contributed by atoms with Crippen LogP contribution in [0.15, 0.2) is 83.6 Å². The number of nitrogens with zero attached hydrogens (tertiary/aromatic N) is 3. The van der Waals surface area contributed by atoms with Gasteiger partial charge in [-0.2, -0.15) is 4.31 Å². The van der Waals surface area contributed by atoms with Crippen LogP contribution in [0.3, 0.4) is 0 Å². The summed E-state index contributed by atoms with van der Waals surface area (Å²) in [5, 5.41) is 11.2. The van der Waals surface area contributed by atoms with Crippen LogP contribution in [-0.4, -0.2) is 50.3 Å². The van der Waals surface area contributed by atoms with Crippen molar-refractivity contribution in [1.29, 1.82) is 0 Å². The number of sulfonamides is 2. The summed E-state index contributed by atoms with van der Waals surface area (Å²) in [5.41, 5.74) is 0.595. The molecule has 36 heavy (non-hydrogen) atoms. The molecule has 0 saturated carbocycles. The number of carbonyl (C=O) groups excluding carboxylic acids is 1. The van der Waals surface area contributed by atoms with E-state index in [2.05, 4.69) is 33.4 Å². The zero-order valence-electron chi connectivity index (χ0n) is 19.4. The number of carbonyl (C=O) groups is 1. The van der Waals surface area contributed by atoms with Crippen LogP contribution in [-0.2, 0) is 26.5 Å². The fourth-order valence-corrected chi connectivity index (χ4v) is 6.31. The molecular formula is C23H25N5O5S3. The van der Waals surface area contributed by atoms with Gasteiger partial charge < -0.3 is 5.32 Å². The first-order valence-corrected chi connectivity index (χ1v) is 14.4. The monoisotopic (exact) mass is 547 g/mol. The van der Waals surface area contributed by atoms with Crippen molar-refractivity contribution in [1.82, 2.24) is 14.5 Å². The standard InChI is InChI=1S/C23H25N5O5S3/c1-4-15-28(16-5-2)36(32,33)20-11-7-17(8-12-20)22(29)24-18-9-13-19(14-10-18)35(30,31)27-23-26-25-21(6-3)34-23/h4-5,7-14H,1-2,6,15-16H2,3H3,(H,24,29)(H,26,27). The van der Waals surface area contributed by atoms with Gasteiger partial charge in [-0.3, -0.25) is 9.52 Å². The van der Waals surface area contributed by atoms with E-state index >= 15 is 0 Å². The van der Waals surface area contributed by atoms with E-state index in [1.807, 2.05) is 6.92 Å². The average molecular weight is 548 g/mol. The summed E-state index contributed by atoms with van der Waals surface area (Å²) in [7, 11) is -7.65. The van der Waals surface area contributed by atoms with Gasteiger partial charge in [-0.15, -0.1) is 23.4 Å². The van der Waals surface area contributed by atoms with Crippen molar-refractivity contribution in [2.45, 2.75) is 23.1 Å². The van der Waals surface area contributed by atoms with Crippen molar-refractivity contribution in [3.63, 3.8) is 0 Å². The maximum atomic E-state index is 12.8. The minimum Gasteiger partial charge on any atom is -0.322 e. The third kappa shape index (κ3) is 6.43. The Morgan fingerprint density at radius 1 is 0.944 bits per heavy atom. The van der Waals surface area contributed by atoms with Gasteiger partial charge in [0, 0.05) is 24.3 Å². The Balaban J connectivity index is 1.69. The number of hydrogen-bond donors (Lipinski definition) is 2. The number of anilines is 2. The van der Waals surface area contributed by atoms with E-state index in [-0.39, 0.29) is 33.6 Å². The summed E-state index contributed by atoms with van der Waals surface area (Å²) >= 11 is 1.15. The largest absolute Gasteiger partial charge is 0.322 e. The minimum absolute atomic E-state index is 0.00749. The topological polar surface area (TPSA) is 138 Å². The molecule has 0 unspecified atom stereocenters. The molecule has 0 saturated heterocycles. The van der Waals surface area contributed by atoms with Gasteiger partial charge in [-0.25, -0.2) is 16.8 Å². The van der Waals surface area contributed by atoms with Crippen LogP contribution in [0.4, 0.5) is 10.8 Å². The highest BCUT2D eigenvalue weighted by atomic mass is 32.2. The van der Waals surface area contributed by atoms with E-state index in [9.17, 15) is 21.6 Å². The summed E-state index contributed by atoms with van der Waals surface area (Å²) in [4.78, 5) is 12.7. The van der Waals surface area contributed by atoms with Crippen LogP contribution in [0.1, 0.15) is 22.3 Å². The molecule has 3 aromatic rings. The van der Waals surface area contributed by atoms with Crippen LogP contribution >= 0.6 is 11.3 Å². The van der Waals surface area contributed by atoms with Gasteiger partial charge in [0.2, 0.25) is 15.2 Å². The molecule has 0 fully saturated rings. The highest BCUT2D eigenvalue weighted by Gasteiger charge is 2.23. The van der Waals surface area contributed by atoms with E-state index < -0.39 is 26.0 Å². The number of nitrogens with one attached hydrogen (secondary N) is 2. The average Bonchev–Trinajstić information content (AvgIpc) is 3.31. The molecule has 13 heteroatoms. The Kier molecular flexibility index (Phi) is 8.74. The van der Waals surface area contributed by atoms with Crippen molar-refractivity contribution >= 4 is 48.1 Å². The molecular weight excluding hydrogens is 522 g/mol. The maximum absolute atomic E-state index is 12.8. The number of benzene rings is 2. The van der Waals surface area contributed by atoms with Crippen molar-refractivity contribution in [3.8, 4) is 0 Å². The molecule has 0 aliphatic carbocycles. The molecule has 2 aromatic carbocycles. The van der Waals surface area contributed by atoms with Crippen molar-refractivity contribution < 1.29 is 21.6 Å². The fraction of sp³-hybridized carbons (Fsp3) is 0.174. The molecule has 3 rings (SSSR count). The Hall–Kier alpha value is -3.39. The lowest BCUT2D eigenvalue weighted by atomic mass is 10.2. The van der Waals surface area contributed by atoms with Gasteiger partial charge in [0.1, 0.15) is 5.01 Å². The normalized spacial score (nSPS) is 11.7. The van der Waals surface area contributed by atoms with Gasteiger partial charge in [-0.05, 0) is 55.0 Å². The highest BCUT2D eigenvalue weighted by molar-refractivity contribution is 7.93. The maximum Gasteiger partial charge on any atom is 0.263 e. The predicted molar refractivity (Wildman–Crippen MR) is 140 cm³/mol. The van der Waals surface area contributed by atoms with Gasteiger partial charge in [0.15, 0.2) is 0 Å². The van der Waals surface area contributed by atoms with Gasteiger partial charge >= 0.3 is 0 Å². The molecule has 1 heterocycles. The van der Waals surface area contributed by atoms with E-state index in [0.29, 0.717) is 17.1 Å². The summed E-state index contributed by atoms with van der Waals surface area (Å²) in [6, 6.07) is 11.1. The second-order valence-corrected chi connectivity index (χ2v) is 12.0. The van der Waals surface area contributed by atoms with E-state index in [1.165, 1.54) is 65.0 Å². The van der Waals surface area contributed by atoms with Crippen LogP contribution in [0.2, 0.25) is 0 Å². The summed E-state index contributed by atoms with van der Waals surface area (Å²) in [5.74, 6) is -0.484. The zero-order chi connectivity index (χ0) is 26.3. The third-order valence-corrected chi connectivity index (χ3v) is 9.15. The Morgan fingerprint density at radius 3 is 2.06 bits per heavy atom. The quantitative estimate of drug-likeness (QED) is 0.331. The van der Waals surface area contributed by atoms with Crippen LogP contribution < -0.4 is 10.0 Å². The molecule has 2 N–H and O–H groups in total. The van der Waals surface area contributed by atoms with Gasteiger partial charge in [0.05, 0.1) is 9.79 Å². The van der Waals surface area contributed by atoms with Gasteiger partial charge in [-0.1, -0.05) is 30.4 Å². The Morgan fingerprint density at radius 2 is 1.53 bits per heavy atom. The van der Waals surface area contributed by atoms with Crippen LogP contribution in [0.25, 0.3) is 0 Å². The van der Waals surface area contributed by atoms with Crippen LogP contribution in [0.5, 0.6) is 0 Å². The Bertz CT molecular complexity index is 1440. The molecule has 1 amide bonds. The molecule has 0 bridgehead atoms. The summed E-state index contributed by atoms with van der Waals surface area (Å²) in [6.45, 7) is 9.29. The first-order valence-electron chi connectivity index (χ1n) is 10.7. The molecule has 0 spiro atoms. The zero-order valence-corrected chi connectivity index (χ0v) is 21.9. The summed E-state index contributed by atoms with van der Waals surface area (Å²) in [6.07, 6.45) is 3.61. The summed E-state index contributed by atoms with van der Waals surface area (Å²) < 4.78 is 54.3. The predicted octanol–water partition coefficient (Wildman–Crippen LogP) is 3.52. The van der Waals surface area contributed by atoms with Crippen LogP contribution in [0, 0.1) is 0 Å². The van der Waals surface area contributed by atoms with E-state index in [1.54, 1.807) is 0 Å². The molecule has 0 atom stereocenters. The first kappa shape index (κ1) is 27.2. The molecule has 0 radical (unpaired) electrons. The molecule has 0 aliphatic rings. The van der Waals surface area contributed by atoms with Crippen molar-refractivity contribution in [2.24, 2.45) is 0 Å². The number of rotatable bonds is 12. The number of aromatic nitrogens is 2. The number of hydrogen-bond acceptors (Lipinski definition) is 8. The molecule has 10 nitrogen and oxygen atoms in total. The van der Waals surface area contributed by atoms with Gasteiger partial charge in [0.25, 0.3) is 15.9 Å². The second kappa shape index (κ2) is 11.6. The first-order chi connectivity index (χ1) is 17.1. The highest BCUT2D eigenvalue weighted by Crippen LogP contribution is 2.22. The lowest BCUT2D eigenvalue weighted by molar-refractivity contribution is 0.102. The fourth-order valence-electron chi connectivity index (χ4n) is 3.02. The van der Waals surface area contributed by atoms with E-state index in [4.69, 9.17) is 0 Å². The second-order valence-electron chi connectivity index (χ2n) is 7.36. The molecule has 190 valence electrons. The smallest absolute Gasteiger partial charge is 0.263 e. The molecule has 1 aromatic heterocycles.